The number of nitrogens with one attached hydrogen (secondary N) is 1. The third-order valence-corrected chi connectivity index (χ3v) is 6.35. The third-order valence-electron chi connectivity index (χ3n) is 5.98. The standard InChI is InChI=1S/C23H27ClN4O2/c24-21-8-5-19(27-22(29)15-9-11-26-12-10-15)13-17(21)14-28(23(30)16-1-2-16)20-6-3-18(25)4-7-20/h5,8-13,16,18,20H,1-4,6-7,14,25H2,(H,27,29). The van der Waals surface area contributed by atoms with Crippen LogP contribution in [0.15, 0.2) is 42.7 Å². The molecule has 0 aliphatic heterocycles. The van der Waals surface area contributed by atoms with Gasteiger partial charge in [0, 0.05) is 53.2 Å². The highest BCUT2D eigenvalue weighted by Gasteiger charge is 2.37. The highest BCUT2D eigenvalue weighted by Crippen LogP contribution is 2.35. The van der Waals surface area contributed by atoms with Gasteiger partial charge in [0.15, 0.2) is 0 Å². The lowest BCUT2D eigenvalue weighted by Crippen LogP contribution is -2.44. The van der Waals surface area contributed by atoms with Crippen molar-refractivity contribution in [3.8, 4) is 0 Å². The Bertz CT molecular complexity index is 909. The van der Waals surface area contributed by atoms with Gasteiger partial charge in [-0.1, -0.05) is 11.6 Å². The van der Waals surface area contributed by atoms with Crippen LogP contribution in [0.1, 0.15) is 54.4 Å². The van der Waals surface area contributed by atoms with Gasteiger partial charge in [0.25, 0.3) is 5.91 Å². The molecule has 0 radical (unpaired) electrons. The van der Waals surface area contributed by atoms with E-state index < -0.39 is 0 Å². The minimum atomic E-state index is -0.210. The molecule has 2 aromatic rings. The number of amides is 2. The molecule has 1 aromatic carbocycles. The van der Waals surface area contributed by atoms with Gasteiger partial charge in [-0.2, -0.15) is 0 Å². The molecule has 7 heteroatoms. The van der Waals surface area contributed by atoms with Crippen molar-refractivity contribution in [2.24, 2.45) is 11.7 Å². The molecule has 2 amide bonds. The van der Waals surface area contributed by atoms with Crippen molar-refractivity contribution in [3.63, 3.8) is 0 Å². The lowest BCUT2D eigenvalue weighted by Gasteiger charge is -2.36. The van der Waals surface area contributed by atoms with Gasteiger partial charge in [0.05, 0.1) is 0 Å². The number of anilines is 1. The second-order valence-electron chi connectivity index (χ2n) is 8.31. The zero-order valence-electron chi connectivity index (χ0n) is 16.9. The molecule has 0 spiro atoms. The molecule has 2 saturated carbocycles. The number of carbonyl (C=O) groups excluding carboxylic acids is 2. The number of pyridine rings is 1. The Kier molecular flexibility index (Phi) is 6.35. The van der Waals surface area contributed by atoms with E-state index in [0.717, 1.165) is 44.1 Å². The lowest BCUT2D eigenvalue weighted by molar-refractivity contribution is -0.136. The van der Waals surface area contributed by atoms with Crippen LogP contribution in [0.2, 0.25) is 5.02 Å². The maximum atomic E-state index is 13.0. The van der Waals surface area contributed by atoms with Crippen molar-refractivity contribution in [1.29, 1.82) is 0 Å². The highest BCUT2D eigenvalue weighted by molar-refractivity contribution is 6.31. The third kappa shape index (κ3) is 4.99. The minimum Gasteiger partial charge on any atom is -0.335 e. The monoisotopic (exact) mass is 426 g/mol. The number of halogens is 1. The van der Waals surface area contributed by atoms with Gasteiger partial charge in [0.1, 0.15) is 0 Å². The first-order valence-electron chi connectivity index (χ1n) is 10.6. The van der Waals surface area contributed by atoms with E-state index in [2.05, 4.69) is 10.3 Å². The fourth-order valence-electron chi connectivity index (χ4n) is 4.03. The van der Waals surface area contributed by atoms with Gasteiger partial charge >= 0.3 is 0 Å². The maximum Gasteiger partial charge on any atom is 0.255 e. The molecule has 0 bridgehead atoms. The number of nitrogens with two attached hydrogens (primary N) is 1. The van der Waals surface area contributed by atoms with Crippen molar-refractivity contribution in [2.45, 2.75) is 57.2 Å². The minimum absolute atomic E-state index is 0.147. The molecule has 2 aliphatic carbocycles. The van der Waals surface area contributed by atoms with Crippen LogP contribution in [0.4, 0.5) is 5.69 Å². The molecule has 2 fully saturated rings. The van der Waals surface area contributed by atoms with Crippen LogP contribution < -0.4 is 11.1 Å². The zero-order valence-corrected chi connectivity index (χ0v) is 17.6. The molecule has 0 unspecified atom stereocenters. The van der Waals surface area contributed by atoms with Crippen molar-refractivity contribution in [2.75, 3.05) is 5.32 Å². The molecule has 158 valence electrons. The first-order chi connectivity index (χ1) is 14.5. The predicted octanol–water partition coefficient (Wildman–Crippen LogP) is 4.00. The normalized spacial score (nSPS) is 21.1. The summed E-state index contributed by atoms with van der Waals surface area (Å²) < 4.78 is 0. The van der Waals surface area contributed by atoms with Crippen molar-refractivity contribution in [1.82, 2.24) is 9.88 Å². The van der Waals surface area contributed by atoms with Gasteiger partial charge in [-0.15, -0.1) is 0 Å². The van der Waals surface area contributed by atoms with E-state index in [-0.39, 0.29) is 29.8 Å². The van der Waals surface area contributed by atoms with E-state index in [4.69, 9.17) is 17.3 Å². The molecule has 4 rings (SSSR count). The number of benzene rings is 1. The summed E-state index contributed by atoms with van der Waals surface area (Å²) in [7, 11) is 0. The van der Waals surface area contributed by atoms with Gasteiger partial charge in [0.2, 0.25) is 5.91 Å². The second-order valence-corrected chi connectivity index (χ2v) is 8.71. The number of hydrogen-bond acceptors (Lipinski definition) is 4. The zero-order chi connectivity index (χ0) is 21.1. The average molecular weight is 427 g/mol. The molecule has 0 atom stereocenters. The van der Waals surface area contributed by atoms with Gasteiger partial charge in [-0.25, -0.2) is 0 Å². The SMILES string of the molecule is NC1CCC(N(Cc2cc(NC(=O)c3ccncc3)ccc2Cl)C(=O)C2CC2)CC1. The first-order valence-corrected chi connectivity index (χ1v) is 10.9. The van der Waals surface area contributed by atoms with Crippen molar-refractivity contribution >= 4 is 29.1 Å². The number of aromatic nitrogens is 1. The quantitative estimate of drug-likeness (QED) is 0.730. The Morgan fingerprint density at radius 1 is 1.07 bits per heavy atom. The largest absolute Gasteiger partial charge is 0.335 e. The molecule has 1 aromatic heterocycles. The first kappa shape index (κ1) is 20.8. The van der Waals surface area contributed by atoms with Crippen LogP contribution in [-0.2, 0) is 11.3 Å². The fraction of sp³-hybridized carbons (Fsp3) is 0.435. The van der Waals surface area contributed by atoms with E-state index in [1.54, 1.807) is 36.7 Å². The van der Waals surface area contributed by atoms with E-state index >= 15 is 0 Å². The summed E-state index contributed by atoms with van der Waals surface area (Å²) in [4.78, 5) is 31.4. The number of nitrogens with zero attached hydrogens (tertiary/aromatic N) is 2. The number of rotatable bonds is 6. The Labute approximate surface area is 181 Å². The van der Waals surface area contributed by atoms with Crippen LogP contribution in [-0.4, -0.2) is 33.8 Å². The molecule has 1 heterocycles. The van der Waals surface area contributed by atoms with Gasteiger partial charge < -0.3 is 16.0 Å². The lowest BCUT2D eigenvalue weighted by atomic mass is 9.90. The molecule has 0 saturated heterocycles. The molecular formula is C23H27ClN4O2. The molecular weight excluding hydrogens is 400 g/mol. The summed E-state index contributed by atoms with van der Waals surface area (Å²) in [6.07, 6.45) is 8.84. The van der Waals surface area contributed by atoms with Crippen LogP contribution in [0.3, 0.4) is 0 Å². The molecule has 30 heavy (non-hydrogen) atoms. The molecule has 2 aliphatic rings. The molecule has 3 N–H and O–H groups in total. The van der Waals surface area contributed by atoms with Crippen LogP contribution in [0, 0.1) is 5.92 Å². The second kappa shape index (κ2) is 9.14. The van der Waals surface area contributed by atoms with E-state index in [1.807, 2.05) is 11.0 Å². The summed E-state index contributed by atoms with van der Waals surface area (Å²) in [6.45, 7) is 0.451. The van der Waals surface area contributed by atoms with Crippen molar-refractivity contribution < 1.29 is 9.59 Å². The maximum absolute atomic E-state index is 13.0. The number of hydrogen-bond donors (Lipinski definition) is 2. The summed E-state index contributed by atoms with van der Waals surface area (Å²) >= 11 is 6.48. The van der Waals surface area contributed by atoms with Gasteiger partial charge in [-0.05, 0) is 74.4 Å². The fourth-order valence-corrected chi connectivity index (χ4v) is 4.21. The smallest absolute Gasteiger partial charge is 0.255 e. The summed E-state index contributed by atoms with van der Waals surface area (Å²) in [5.41, 5.74) is 8.09. The Balaban J connectivity index is 1.51. The number of carbonyl (C=O) groups is 2. The summed E-state index contributed by atoms with van der Waals surface area (Å²) in [5.74, 6) is 0.157. The van der Waals surface area contributed by atoms with E-state index in [9.17, 15) is 9.59 Å². The van der Waals surface area contributed by atoms with Gasteiger partial charge in [-0.3, -0.25) is 14.6 Å². The summed E-state index contributed by atoms with van der Waals surface area (Å²) in [5, 5.41) is 3.50. The predicted molar refractivity (Wildman–Crippen MR) is 117 cm³/mol. The topological polar surface area (TPSA) is 88.3 Å². The van der Waals surface area contributed by atoms with E-state index in [1.165, 1.54) is 0 Å². The Morgan fingerprint density at radius 3 is 2.43 bits per heavy atom. The van der Waals surface area contributed by atoms with E-state index in [0.29, 0.717) is 22.8 Å². The summed E-state index contributed by atoms with van der Waals surface area (Å²) in [6, 6.07) is 9.17. The van der Waals surface area contributed by atoms with Crippen LogP contribution in [0.25, 0.3) is 0 Å². The average Bonchev–Trinajstić information content (AvgIpc) is 3.60. The highest BCUT2D eigenvalue weighted by atomic mass is 35.5. The Hall–Kier alpha value is -2.44. The Morgan fingerprint density at radius 2 is 1.77 bits per heavy atom. The molecule has 6 nitrogen and oxygen atoms in total. The van der Waals surface area contributed by atoms with Crippen LogP contribution >= 0.6 is 11.6 Å². The van der Waals surface area contributed by atoms with Crippen molar-refractivity contribution in [3.05, 3.63) is 58.9 Å². The van der Waals surface area contributed by atoms with Crippen LogP contribution in [0.5, 0.6) is 0 Å².